The summed E-state index contributed by atoms with van der Waals surface area (Å²) in [5.41, 5.74) is 2.56. The van der Waals surface area contributed by atoms with E-state index in [0.29, 0.717) is 28.4 Å². The van der Waals surface area contributed by atoms with Crippen molar-refractivity contribution in [3.8, 4) is 5.69 Å². The molecular formula is C25H19N5O4S. The zero-order valence-electron chi connectivity index (χ0n) is 18.3. The first-order valence-corrected chi connectivity index (χ1v) is 11.7. The molecule has 0 saturated carbocycles. The first-order valence-electron chi connectivity index (χ1n) is 10.7. The third-order valence-corrected chi connectivity index (χ3v) is 6.42. The maximum Gasteiger partial charge on any atom is 0.283 e. The Morgan fingerprint density at radius 1 is 1.03 bits per heavy atom. The number of nitrogens with zero attached hydrogens (tertiary/aromatic N) is 3. The Bertz CT molecular complexity index is 1610. The summed E-state index contributed by atoms with van der Waals surface area (Å²) in [6.07, 6.45) is 0. The number of non-ortho nitro benzene ring substituents is 1. The van der Waals surface area contributed by atoms with E-state index in [1.807, 2.05) is 54.6 Å². The van der Waals surface area contributed by atoms with Crippen molar-refractivity contribution in [1.29, 1.82) is 0 Å². The third kappa shape index (κ3) is 4.51. The van der Waals surface area contributed by atoms with Crippen LogP contribution in [0.4, 0.5) is 5.69 Å². The van der Waals surface area contributed by atoms with Crippen LogP contribution < -0.4 is 10.9 Å². The first kappa shape index (κ1) is 22.4. The monoisotopic (exact) mass is 485 g/mol. The molecule has 2 heterocycles. The van der Waals surface area contributed by atoms with Gasteiger partial charge in [-0.15, -0.1) is 0 Å². The zero-order chi connectivity index (χ0) is 24.4. The minimum absolute atomic E-state index is 0.0418. The number of H-pyrrole nitrogens is 1. The molecule has 0 spiro atoms. The fourth-order valence-electron chi connectivity index (χ4n) is 3.77. The van der Waals surface area contributed by atoms with Crippen molar-refractivity contribution < 1.29 is 9.72 Å². The van der Waals surface area contributed by atoms with E-state index in [2.05, 4.69) is 10.3 Å². The number of para-hydroxylation sites is 1. The number of aromatic nitrogens is 3. The summed E-state index contributed by atoms with van der Waals surface area (Å²) in [4.78, 5) is 44.5. The number of aromatic amines is 1. The Balaban J connectivity index is 1.51. The lowest BCUT2D eigenvalue weighted by molar-refractivity contribution is -0.384. The van der Waals surface area contributed by atoms with Crippen LogP contribution in [-0.2, 0) is 11.3 Å². The molecule has 5 aromatic rings. The van der Waals surface area contributed by atoms with Crippen LogP contribution in [0, 0.1) is 10.1 Å². The van der Waals surface area contributed by atoms with E-state index in [-0.39, 0.29) is 22.9 Å². The molecule has 5 rings (SSSR count). The van der Waals surface area contributed by atoms with Gasteiger partial charge < -0.3 is 10.3 Å². The minimum atomic E-state index is -0.502. The summed E-state index contributed by atoms with van der Waals surface area (Å²) in [5, 5.41) is 15.1. The van der Waals surface area contributed by atoms with Crippen LogP contribution in [-0.4, -0.2) is 31.1 Å². The van der Waals surface area contributed by atoms with Crippen LogP contribution in [0.15, 0.2) is 88.8 Å². The maximum atomic E-state index is 13.5. The summed E-state index contributed by atoms with van der Waals surface area (Å²) in [5.74, 6) is -0.164. The number of hydrogen-bond acceptors (Lipinski definition) is 6. The van der Waals surface area contributed by atoms with E-state index < -0.39 is 4.92 Å². The average Bonchev–Trinajstić information content (AvgIpc) is 3.26. The normalized spacial score (nSPS) is 11.1. The molecule has 0 aliphatic carbocycles. The predicted octanol–water partition coefficient (Wildman–Crippen LogP) is 4.18. The number of carbonyl (C=O) groups is 1. The highest BCUT2D eigenvalue weighted by Crippen LogP contribution is 2.27. The van der Waals surface area contributed by atoms with Crippen LogP contribution in [0.5, 0.6) is 0 Å². The molecule has 9 nitrogen and oxygen atoms in total. The van der Waals surface area contributed by atoms with E-state index >= 15 is 0 Å². The van der Waals surface area contributed by atoms with Crippen LogP contribution in [0.3, 0.4) is 0 Å². The number of amides is 1. The van der Waals surface area contributed by atoms with Crippen LogP contribution in [0.25, 0.3) is 27.6 Å². The summed E-state index contributed by atoms with van der Waals surface area (Å²) < 4.78 is 1.37. The predicted molar refractivity (Wildman–Crippen MR) is 135 cm³/mol. The van der Waals surface area contributed by atoms with E-state index in [1.165, 1.54) is 28.8 Å². The van der Waals surface area contributed by atoms with Gasteiger partial charge in [0.25, 0.3) is 11.2 Å². The summed E-state index contributed by atoms with van der Waals surface area (Å²) >= 11 is 1.13. The van der Waals surface area contributed by atoms with Crippen molar-refractivity contribution in [3.05, 3.63) is 105 Å². The molecular weight excluding hydrogens is 466 g/mol. The molecule has 2 aromatic heterocycles. The summed E-state index contributed by atoms with van der Waals surface area (Å²) in [7, 11) is 0. The molecule has 0 aliphatic rings. The number of thioether (sulfide) groups is 1. The lowest BCUT2D eigenvalue weighted by atomic mass is 10.2. The zero-order valence-corrected chi connectivity index (χ0v) is 19.1. The highest BCUT2D eigenvalue weighted by Gasteiger charge is 2.18. The topological polar surface area (TPSA) is 123 Å². The summed E-state index contributed by atoms with van der Waals surface area (Å²) in [6, 6.07) is 22.7. The number of nitro benzene ring substituents is 1. The molecule has 1 amide bonds. The van der Waals surface area contributed by atoms with Gasteiger partial charge in [0.15, 0.2) is 5.16 Å². The van der Waals surface area contributed by atoms with Gasteiger partial charge in [0, 0.05) is 29.6 Å². The van der Waals surface area contributed by atoms with Crippen LogP contribution in [0.2, 0.25) is 0 Å². The number of nitrogens with one attached hydrogen (secondary N) is 2. The molecule has 0 unspecified atom stereocenters. The van der Waals surface area contributed by atoms with Gasteiger partial charge >= 0.3 is 0 Å². The largest absolute Gasteiger partial charge is 0.351 e. The average molecular weight is 486 g/mol. The molecule has 35 heavy (non-hydrogen) atoms. The molecule has 10 heteroatoms. The Kier molecular flexibility index (Phi) is 6.02. The molecule has 0 saturated heterocycles. The number of carbonyl (C=O) groups excluding carboxylic acids is 1. The second-order valence-corrected chi connectivity index (χ2v) is 8.70. The number of nitro groups is 1. The maximum absolute atomic E-state index is 13.5. The molecule has 0 atom stereocenters. The Morgan fingerprint density at radius 2 is 1.74 bits per heavy atom. The van der Waals surface area contributed by atoms with E-state index in [1.54, 1.807) is 0 Å². The van der Waals surface area contributed by atoms with Gasteiger partial charge in [-0.1, -0.05) is 60.3 Å². The second-order valence-electron chi connectivity index (χ2n) is 7.75. The highest BCUT2D eigenvalue weighted by molar-refractivity contribution is 7.99. The molecule has 2 N–H and O–H groups in total. The van der Waals surface area contributed by atoms with Crippen LogP contribution in [0.1, 0.15) is 5.56 Å². The van der Waals surface area contributed by atoms with Gasteiger partial charge in [0.05, 0.1) is 16.4 Å². The van der Waals surface area contributed by atoms with Crippen molar-refractivity contribution in [2.45, 2.75) is 11.7 Å². The Labute approximate surface area is 203 Å². The van der Waals surface area contributed by atoms with Gasteiger partial charge in [-0.2, -0.15) is 0 Å². The Hall–Kier alpha value is -4.44. The number of benzene rings is 3. The van der Waals surface area contributed by atoms with Gasteiger partial charge in [0.2, 0.25) is 5.91 Å². The van der Waals surface area contributed by atoms with Gasteiger partial charge in [-0.05, 0) is 23.8 Å². The van der Waals surface area contributed by atoms with E-state index in [0.717, 1.165) is 28.2 Å². The highest BCUT2D eigenvalue weighted by atomic mass is 32.2. The van der Waals surface area contributed by atoms with Gasteiger partial charge in [0.1, 0.15) is 11.0 Å². The van der Waals surface area contributed by atoms with Crippen LogP contribution >= 0.6 is 11.8 Å². The lowest BCUT2D eigenvalue weighted by Gasteiger charge is -2.12. The smallest absolute Gasteiger partial charge is 0.283 e. The van der Waals surface area contributed by atoms with Gasteiger partial charge in [-0.3, -0.25) is 24.3 Å². The molecule has 174 valence electrons. The van der Waals surface area contributed by atoms with Crippen molar-refractivity contribution in [2.75, 3.05) is 5.75 Å². The van der Waals surface area contributed by atoms with Crippen molar-refractivity contribution in [2.24, 2.45) is 0 Å². The lowest BCUT2D eigenvalue weighted by Crippen LogP contribution is -2.26. The standard InChI is InChI=1S/C25H19N5O4S/c31-21(26-14-16-6-2-1-3-7-16)15-35-25-28-22-19-8-4-5-9-20(19)27-23(22)24(32)29(25)17-10-12-18(13-11-17)30(33)34/h1-13,27H,14-15H2,(H,26,31). The molecule has 0 bridgehead atoms. The number of rotatable bonds is 7. The molecule has 3 aromatic carbocycles. The van der Waals surface area contributed by atoms with Gasteiger partial charge in [-0.25, -0.2) is 4.98 Å². The fourth-order valence-corrected chi connectivity index (χ4v) is 4.60. The number of hydrogen-bond donors (Lipinski definition) is 2. The molecule has 0 fully saturated rings. The molecule has 0 aliphatic heterocycles. The van der Waals surface area contributed by atoms with E-state index in [9.17, 15) is 19.7 Å². The number of fused-ring (bicyclic) bond motifs is 3. The quantitative estimate of drug-likeness (QED) is 0.154. The summed E-state index contributed by atoms with van der Waals surface area (Å²) in [6.45, 7) is 0.393. The minimum Gasteiger partial charge on any atom is -0.351 e. The fraction of sp³-hybridized carbons (Fsp3) is 0.0800. The van der Waals surface area contributed by atoms with E-state index in [4.69, 9.17) is 4.98 Å². The second kappa shape index (κ2) is 9.43. The van der Waals surface area contributed by atoms with Crippen molar-refractivity contribution in [3.63, 3.8) is 0 Å². The third-order valence-electron chi connectivity index (χ3n) is 5.48. The first-order chi connectivity index (χ1) is 17.0. The van der Waals surface area contributed by atoms with Crippen molar-refractivity contribution >= 4 is 45.3 Å². The molecule has 0 radical (unpaired) electrons. The van der Waals surface area contributed by atoms with Crippen molar-refractivity contribution in [1.82, 2.24) is 19.9 Å². The SMILES string of the molecule is O=C(CSc1nc2c([nH]c3ccccc32)c(=O)n1-c1ccc([N+](=O)[O-])cc1)NCc1ccccc1. The Morgan fingerprint density at radius 3 is 2.49 bits per heavy atom.